The molecule has 1 heterocycles. The molecule has 1 aromatic carbocycles. The van der Waals surface area contributed by atoms with Crippen LogP contribution >= 0.6 is 0 Å². The molecule has 2 unspecified atom stereocenters. The Morgan fingerprint density at radius 3 is 2.71 bits per heavy atom. The standard InChI is InChI=1S/C18H23NO5/c1-11-2-3-13(19-17(20)14-9-15(14)18(21)22)8-16(11)24-10-12-4-6-23-7-5-12/h2-3,8,12,14-15H,4-7,9-10H2,1H3,(H,19,20)(H,21,22). The van der Waals surface area contributed by atoms with Gasteiger partial charge in [-0.2, -0.15) is 0 Å². The van der Waals surface area contributed by atoms with Crippen molar-refractivity contribution in [1.82, 2.24) is 0 Å². The predicted molar refractivity (Wildman–Crippen MR) is 88.1 cm³/mol. The van der Waals surface area contributed by atoms with E-state index in [1.165, 1.54) is 0 Å². The van der Waals surface area contributed by atoms with Gasteiger partial charge in [0.2, 0.25) is 5.91 Å². The first-order chi connectivity index (χ1) is 11.5. The monoisotopic (exact) mass is 333 g/mol. The molecule has 130 valence electrons. The molecular weight excluding hydrogens is 310 g/mol. The number of aryl methyl sites for hydroxylation is 1. The number of carboxylic acids is 1. The highest BCUT2D eigenvalue weighted by Crippen LogP contribution is 2.39. The average molecular weight is 333 g/mol. The van der Waals surface area contributed by atoms with Crippen LogP contribution in [0.1, 0.15) is 24.8 Å². The van der Waals surface area contributed by atoms with Crippen molar-refractivity contribution in [3.8, 4) is 5.75 Å². The molecule has 1 aromatic rings. The minimum Gasteiger partial charge on any atom is -0.493 e. The molecule has 0 spiro atoms. The molecule has 1 amide bonds. The third-order valence-corrected chi connectivity index (χ3v) is 4.72. The van der Waals surface area contributed by atoms with Crippen LogP contribution in [0.2, 0.25) is 0 Å². The van der Waals surface area contributed by atoms with Crippen molar-refractivity contribution in [2.75, 3.05) is 25.1 Å². The van der Waals surface area contributed by atoms with Crippen molar-refractivity contribution in [3.05, 3.63) is 23.8 Å². The minimum atomic E-state index is -0.903. The van der Waals surface area contributed by atoms with Crippen LogP contribution in [0.15, 0.2) is 18.2 Å². The molecule has 2 fully saturated rings. The van der Waals surface area contributed by atoms with Crippen LogP contribution in [0.4, 0.5) is 5.69 Å². The second-order valence-corrected chi connectivity index (χ2v) is 6.62. The summed E-state index contributed by atoms with van der Waals surface area (Å²) in [6.07, 6.45) is 2.43. The van der Waals surface area contributed by atoms with Crippen LogP contribution in [0, 0.1) is 24.7 Å². The number of nitrogens with one attached hydrogen (secondary N) is 1. The second-order valence-electron chi connectivity index (χ2n) is 6.62. The topological polar surface area (TPSA) is 84.9 Å². The van der Waals surface area contributed by atoms with Crippen molar-refractivity contribution in [2.45, 2.75) is 26.2 Å². The van der Waals surface area contributed by atoms with Crippen molar-refractivity contribution in [1.29, 1.82) is 0 Å². The zero-order chi connectivity index (χ0) is 17.1. The van der Waals surface area contributed by atoms with Gasteiger partial charge in [0, 0.05) is 25.0 Å². The highest BCUT2D eigenvalue weighted by atomic mass is 16.5. The van der Waals surface area contributed by atoms with Gasteiger partial charge in [0.15, 0.2) is 0 Å². The molecule has 0 radical (unpaired) electrons. The minimum absolute atomic E-state index is 0.235. The van der Waals surface area contributed by atoms with Crippen LogP contribution in [0.25, 0.3) is 0 Å². The molecule has 6 heteroatoms. The fourth-order valence-corrected chi connectivity index (χ4v) is 2.95. The Hall–Kier alpha value is -2.08. The van der Waals surface area contributed by atoms with Crippen LogP contribution in [-0.4, -0.2) is 36.8 Å². The number of amides is 1. The molecule has 2 aliphatic rings. The number of carbonyl (C=O) groups excluding carboxylic acids is 1. The molecule has 0 bridgehead atoms. The Morgan fingerprint density at radius 1 is 1.29 bits per heavy atom. The summed E-state index contributed by atoms with van der Waals surface area (Å²) in [5.74, 6) is -0.847. The lowest BCUT2D eigenvalue weighted by atomic mass is 10.0. The molecule has 1 aliphatic heterocycles. The number of ether oxygens (including phenoxy) is 2. The summed E-state index contributed by atoms with van der Waals surface area (Å²) >= 11 is 0. The summed E-state index contributed by atoms with van der Waals surface area (Å²) in [6.45, 7) is 4.18. The molecule has 24 heavy (non-hydrogen) atoms. The largest absolute Gasteiger partial charge is 0.493 e. The summed E-state index contributed by atoms with van der Waals surface area (Å²) in [6, 6.07) is 5.52. The summed E-state index contributed by atoms with van der Waals surface area (Å²) in [5.41, 5.74) is 1.65. The van der Waals surface area contributed by atoms with Crippen molar-refractivity contribution >= 4 is 17.6 Å². The molecule has 0 aromatic heterocycles. The quantitative estimate of drug-likeness (QED) is 0.835. The van der Waals surface area contributed by atoms with E-state index in [1.807, 2.05) is 25.1 Å². The summed E-state index contributed by atoms with van der Waals surface area (Å²) < 4.78 is 11.3. The molecular formula is C18H23NO5. The van der Waals surface area contributed by atoms with E-state index in [0.29, 0.717) is 24.6 Å². The van der Waals surface area contributed by atoms with E-state index in [1.54, 1.807) is 0 Å². The van der Waals surface area contributed by atoms with E-state index in [4.69, 9.17) is 14.6 Å². The average Bonchev–Trinajstić information content (AvgIpc) is 3.37. The Morgan fingerprint density at radius 2 is 2.04 bits per heavy atom. The van der Waals surface area contributed by atoms with Gasteiger partial charge in [0.1, 0.15) is 5.75 Å². The lowest BCUT2D eigenvalue weighted by molar-refractivity contribution is -0.139. The molecule has 1 saturated carbocycles. The number of aliphatic carboxylic acids is 1. The van der Waals surface area contributed by atoms with Crippen molar-refractivity contribution in [2.24, 2.45) is 17.8 Å². The van der Waals surface area contributed by atoms with Gasteiger partial charge in [-0.3, -0.25) is 9.59 Å². The molecule has 6 nitrogen and oxygen atoms in total. The number of carboxylic acid groups (broad SMARTS) is 1. The summed E-state index contributed by atoms with van der Waals surface area (Å²) in [7, 11) is 0. The van der Waals surface area contributed by atoms with Crippen LogP contribution < -0.4 is 10.1 Å². The zero-order valence-electron chi connectivity index (χ0n) is 13.8. The summed E-state index contributed by atoms with van der Waals surface area (Å²) in [5, 5.41) is 11.7. The van der Waals surface area contributed by atoms with E-state index in [9.17, 15) is 9.59 Å². The lowest BCUT2D eigenvalue weighted by Crippen LogP contribution is -2.21. The highest BCUT2D eigenvalue weighted by molar-refractivity contribution is 5.98. The van der Waals surface area contributed by atoms with Gasteiger partial charge >= 0.3 is 5.97 Å². The van der Waals surface area contributed by atoms with E-state index in [0.717, 1.165) is 37.4 Å². The molecule has 1 aliphatic carbocycles. The maximum absolute atomic E-state index is 12.1. The van der Waals surface area contributed by atoms with Crippen LogP contribution in [0.3, 0.4) is 0 Å². The highest BCUT2D eigenvalue weighted by Gasteiger charge is 2.48. The zero-order valence-corrected chi connectivity index (χ0v) is 13.8. The Kier molecular flexibility index (Phi) is 5.04. The number of benzene rings is 1. The Balaban J connectivity index is 1.57. The van der Waals surface area contributed by atoms with Gasteiger partial charge in [-0.05, 0) is 43.7 Å². The third kappa shape index (κ3) is 4.06. The SMILES string of the molecule is Cc1ccc(NC(=O)C2CC2C(=O)O)cc1OCC1CCOCC1. The first kappa shape index (κ1) is 16.8. The summed E-state index contributed by atoms with van der Waals surface area (Å²) in [4.78, 5) is 22.9. The van der Waals surface area contributed by atoms with Crippen molar-refractivity contribution < 1.29 is 24.2 Å². The van der Waals surface area contributed by atoms with Gasteiger partial charge in [-0.15, -0.1) is 0 Å². The fraction of sp³-hybridized carbons (Fsp3) is 0.556. The molecule has 3 rings (SSSR count). The molecule has 1 saturated heterocycles. The fourth-order valence-electron chi connectivity index (χ4n) is 2.95. The smallest absolute Gasteiger partial charge is 0.307 e. The molecule has 2 N–H and O–H groups in total. The maximum Gasteiger partial charge on any atom is 0.307 e. The lowest BCUT2D eigenvalue weighted by Gasteiger charge is -2.22. The second kappa shape index (κ2) is 7.21. The van der Waals surface area contributed by atoms with Gasteiger partial charge < -0.3 is 19.9 Å². The Bertz CT molecular complexity index is 624. The van der Waals surface area contributed by atoms with Gasteiger partial charge in [0.25, 0.3) is 0 Å². The number of rotatable bonds is 6. The first-order valence-corrected chi connectivity index (χ1v) is 8.39. The van der Waals surface area contributed by atoms with E-state index >= 15 is 0 Å². The van der Waals surface area contributed by atoms with Gasteiger partial charge in [-0.25, -0.2) is 0 Å². The third-order valence-electron chi connectivity index (χ3n) is 4.72. The Labute approximate surface area is 141 Å². The number of carbonyl (C=O) groups is 2. The van der Waals surface area contributed by atoms with Crippen LogP contribution in [0.5, 0.6) is 5.75 Å². The maximum atomic E-state index is 12.1. The predicted octanol–water partition coefficient (Wildman–Crippen LogP) is 2.46. The van der Waals surface area contributed by atoms with E-state index < -0.39 is 17.8 Å². The van der Waals surface area contributed by atoms with Crippen molar-refractivity contribution in [3.63, 3.8) is 0 Å². The van der Waals surface area contributed by atoms with Gasteiger partial charge in [0.05, 0.1) is 18.4 Å². The first-order valence-electron chi connectivity index (χ1n) is 8.39. The number of anilines is 1. The van der Waals surface area contributed by atoms with Crippen LogP contribution in [-0.2, 0) is 14.3 Å². The number of hydrogen-bond donors (Lipinski definition) is 2. The molecule has 2 atom stereocenters. The van der Waals surface area contributed by atoms with Gasteiger partial charge in [-0.1, -0.05) is 6.07 Å². The van der Waals surface area contributed by atoms with E-state index in [-0.39, 0.29) is 5.91 Å². The van der Waals surface area contributed by atoms with E-state index in [2.05, 4.69) is 5.32 Å². The number of hydrogen-bond acceptors (Lipinski definition) is 4. The normalized spacial score (nSPS) is 23.5.